The van der Waals surface area contributed by atoms with E-state index in [1.54, 1.807) is 18.3 Å². The fraction of sp³-hybridized carbons (Fsp3) is 0.0800. The molecule has 4 rings (SSSR count). The first-order chi connectivity index (χ1) is 15.1. The van der Waals surface area contributed by atoms with Gasteiger partial charge < -0.3 is 4.90 Å². The largest absolute Gasteiger partial charge is 0.378 e. The van der Waals surface area contributed by atoms with Crippen LogP contribution in [0.5, 0.6) is 0 Å². The van der Waals surface area contributed by atoms with E-state index in [2.05, 4.69) is 20.5 Å². The van der Waals surface area contributed by atoms with Crippen molar-refractivity contribution in [2.45, 2.75) is 0 Å². The van der Waals surface area contributed by atoms with Gasteiger partial charge in [0.2, 0.25) is 5.95 Å². The van der Waals surface area contributed by atoms with Crippen LogP contribution in [0.3, 0.4) is 0 Å². The van der Waals surface area contributed by atoms with Crippen LogP contribution in [-0.2, 0) is 0 Å². The number of aromatic nitrogens is 2. The molecule has 0 fully saturated rings. The van der Waals surface area contributed by atoms with Gasteiger partial charge in [-0.1, -0.05) is 42.5 Å². The topological polar surface area (TPSA) is 53.4 Å². The molecule has 4 aromatic rings. The molecule has 0 bridgehead atoms. The summed E-state index contributed by atoms with van der Waals surface area (Å²) in [5, 5.41) is 4.30. The van der Waals surface area contributed by atoms with Crippen LogP contribution in [0.1, 0.15) is 5.56 Å². The van der Waals surface area contributed by atoms with Crippen molar-refractivity contribution in [2.75, 3.05) is 24.4 Å². The molecule has 154 valence electrons. The first-order valence-corrected chi connectivity index (χ1v) is 9.85. The highest BCUT2D eigenvalue weighted by Crippen LogP contribution is 2.25. The molecule has 0 radical (unpaired) electrons. The Balaban J connectivity index is 1.63. The summed E-state index contributed by atoms with van der Waals surface area (Å²) in [5.41, 5.74) is 8.19. The molecule has 0 atom stereocenters. The number of benzene rings is 3. The second-order valence-corrected chi connectivity index (χ2v) is 7.19. The van der Waals surface area contributed by atoms with E-state index in [1.807, 2.05) is 79.7 Å². The summed E-state index contributed by atoms with van der Waals surface area (Å²) in [6.07, 6.45) is 1.72. The zero-order valence-corrected chi connectivity index (χ0v) is 17.3. The van der Waals surface area contributed by atoms with E-state index in [1.165, 1.54) is 12.1 Å². The van der Waals surface area contributed by atoms with Crippen LogP contribution in [-0.4, -0.2) is 30.3 Å². The molecule has 0 aliphatic rings. The summed E-state index contributed by atoms with van der Waals surface area (Å²) < 4.78 is 13.4. The number of nitrogens with one attached hydrogen (secondary N) is 1. The molecule has 0 aliphatic carbocycles. The zero-order chi connectivity index (χ0) is 21.6. The van der Waals surface area contributed by atoms with Crippen LogP contribution in [0.4, 0.5) is 16.0 Å². The Morgan fingerprint density at radius 2 is 1.42 bits per heavy atom. The summed E-state index contributed by atoms with van der Waals surface area (Å²) >= 11 is 0. The smallest absolute Gasteiger partial charge is 0.244 e. The molecule has 1 N–H and O–H groups in total. The summed E-state index contributed by atoms with van der Waals surface area (Å²) in [4.78, 5) is 11.2. The Hall–Kier alpha value is -4.06. The molecule has 0 aliphatic heterocycles. The number of hydrazone groups is 1. The highest BCUT2D eigenvalue weighted by atomic mass is 19.1. The average Bonchev–Trinajstić information content (AvgIpc) is 2.80. The second-order valence-electron chi connectivity index (χ2n) is 7.19. The Morgan fingerprint density at radius 3 is 2.03 bits per heavy atom. The number of hydrogen-bond acceptors (Lipinski definition) is 5. The summed E-state index contributed by atoms with van der Waals surface area (Å²) in [6, 6.07) is 26.0. The normalized spacial score (nSPS) is 10.9. The predicted octanol–water partition coefficient (Wildman–Crippen LogP) is 5.46. The minimum atomic E-state index is -0.288. The van der Waals surface area contributed by atoms with Gasteiger partial charge >= 0.3 is 0 Å². The van der Waals surface area contributed by atoms with Gasteiger partial charge in [-0.25, -0.2) is 19.8 Å². The van der Waals surface area contributed by atoms with Crippen LogP contribution >= 0.6 is 0 Å². The molecule has 1 heterocycles. The molecule has 0 saturated carbocycles. The minimum absolute atomic E-state index is 0.288. The lowest BCUT2D eigenvalue weighted by atomic mass is 10.1. The molecule has 1 aromatic heterocycles. The van der Waals surface area contributed by atoms with Gasteiger partial charge in [0.1, 0.15) is 5.82 Å². The van der Waals surface area contributed by atoms with Gasteiger partial charge in [0, 0.05) is 30.9 Å². The van der Waals surface area contributed by atoms with Gasteiger partial charge in [0.15, 0.2) is 0 Å². The van der Waals surface area contributed by atoms with Crippen molar-refractivity contribution in [3.63, 3.8) is 0 Å². The van der Waals surface area contributed by atoms with Crippen LogP contribution in [0.15, 0.2) is 90.0 Å². The highest BCUT2D eigenvalue weighted by Gasteiger charge is 2.08. The molecular weight excluding hydrogens is 389 g/mol. The van der Waals surface area contributed by atoms with E-state index in [9.17, 15) is 4.39 Å². The number of hydrogen-bond donors (Lipinski definition) is 1. The standard InChI is InChI=1S/C25H22FN5/c1-31(2)22-14-8-18(9-15-22)17-27-30-25-28-23(19-6-4-3-5-7-19)16-24(29-25)20-10-12-21(26)13-11-20/h3-17H,1-2H3,(H,28,29,30)/b27-17+. The van der Waals surface area contributed by atoms with E-state index < -0.39 is 0 Å². The van der Waals surface area contributed by atoms with Crippen molar-refractivity contribution in [3.05, 3.63) is 96.3 Å². The third kappa shape index (κ3) is 5.11. The third-order valence-electron chi connectivity index (χ3n) is 4.72. The average molecular weight is 411 g/mol. The Morgan fingerprint density at radius 1 is 0.806 bits per heavy atom. The fourth-order valence-corrected chi connectivity index (χ4v) is 3.05. The van der Waals surface area contributed by atoms with Gasteiger partial charge in [0.25, 0.3) is 0 Å². The maximum absolute atomic E-state index is 13.4. The molecule has 6 heteroatoms. The van der Waals surface area contributed by atoms with Crippen molar-refractivity contribution in [1.29, 1.82) is 0 Å². The molecule has 0 saturated heterocycles. The van der Waals surface area contributed by atoms with Crippen molar-refractivity contribution in [3.8, 4) is 22.5 Å². The zero-order valence-electron chi connectivity index (χ0n) is 17.3. The maximum atomic E-state index is 13.4. The van der Waals surface area contributed by atoms with Gasteiger partial charge in [-0.15, -0.1) is 0 Å². The van der Waals surface area contributed by atoms with E-state index in [0.29, 0.717) is 11.6 Å². The van der Waals surface area contributed by atoms with Crippen LogP contribution in [0, 0.1) is 5.82 Å². The molecular formula is C25H22FN5. The maximum Gasteiger partial charge on any atom is 0.244 e. The van der Waals surface area contributed by atoms with Gasteiger partial charge in [-0.2, -0.15) is 5.10 Å². The van der Waals surface area contributed by atoms with Crippen LogP contribution < -0.4 is 10.3 Å². The van der Waals surface area contributed by atoms with E-state index in [0.717, 1.165) is 28.1 Å². The molecule has 0 spiro atoms. The molecule has 31 heavy (non-hydrogen) atoms. The predicted molar refractivity (Wildman–Crippen MR) is 125 cm³/mol. The van der Waals surface area contributed by atoms with Gasteiger partial charge in [0.05, 0.1) is 17.6 Å². The number of nitrogens with zero attached hydrogens (tertiary/aromatic N) is 4. The minimum Gasteiger partial charge on any atom is -0.378 e. The first kappa shape index (κ1) is 20.2. The van der Waals surface area contributed by atoms with E-state index in [-0.39, 0.29) is 5.82 Å². The summed E-state index contributed by atoms with van der Waals surface area (Å²) in [7, 11) is 4.00. The Kier molecular flexibility index (Phi) is 5.98. The first-order valence-electron chi connectivity index (χ1n) is 9.85. The molecule has 0 unspecified atom stereocenters. The van der Waals surface area contributed by atoms with E-state index >= 15 is 0 Å². The lowest BCUT2D eigenvalue weighted by Gasteiger charge is -2.11. The molecule has 5 nitrogen and oxygen atoms in total. The van der Waals surface area contributed by atoms with Gasteiger partial charge in [-0.3, -0.25) is 0 Å². The summed E-state index contributed by atoms with van der Waals surface area (Å²) in [6.45, 7) is 0. The Bertz CT molecular complexity index is 1170. The Labute approximate surface area is 180 Å². The van der Waals surface area contributed by atoms with Crippen LogP contribution in [0.2, 0.25) is 0 Å². The second kappa shape index (κ2) is 9.17. The van der Waals surface area contributed by atoms with Gasteiger partial charge in [-0.05, 0) is 48.0 Å². The van der Waals surface area contributed by atoms with Crippen LogP contribution in [0.25, 0.3) is 22.5 Å². The molecule has 3 aromatic carbocycles. The number of rotatable bonds is 6. The SMILES string of the molecule is CN(C)c1ccc(/C=N/Nc2nc(-c3ccccc3)cc(-c3ccc(F)cc3)n2)cc1. The van der Waals surface area contributed by atoms with Crippen molar-refractivity contribution < 1.29 is 4.39 Å². The quantitative estimate of drug-likeness (QED) is 0.338. The lowest BCUT2D eigenvalue weighted by molar-refractivity contribution is 0.628. The monoisotopic (exact) mass is 411 g/mol. The number of halogens is 1. The molecule has 0 amide bonds. The third-order valence-corrected chi connectivity index (χ3v) is 4.72. The van der Waals surface area contributed by atoms with Crippen molar-refractivity contribution >= 4 is 17.9 Å². The highest BCUT2D eigenvalue weighted by molar-refractivity contribution is 5.81. The number of anilines is 2. The summed E-state index contributed by atoms with van der Waals surface area (Å²) in [5.74, 6) is 0.0752. The van der Waals surface area contributed by atoms with E-state index in [4.69, 9.17) is 0 Å². The van der Waals surface area contributed by atoms with Crippen molar-refractivity contribution in [2.24, 2.45) is 5.10 Å². The van der Waals surface area contributed by atoms with Crippen molar-refractivity contribution in [1.82, 2.24) is 9.97 Å². The fourth-order valence-electron chi connectivity index (χ4n) is 3.05. The lowest BCUT2D eigenvalue weighted by Crippen LogP contribution is -2.08.